The van der Waals surface area contributed by atoms with Crippen molar-refractivity contribution in [2.45, 2.75) is 13.3 Å². The fraction of sp³-hybridized carbons (Fsp3) is 0.667. The number of carbonyl (C=O) groups is 2. The van der Waals surface area contributed by atoms with Crippen LogP contribution in [0.1, 0.15) is 13.3 Å². The van der Waals surface area contributed by atoms with Gasteiger partial charge in [-0.25, -0.2) is 0 Å². The van der Waals surface area contributed by atoms with Crippen LogP contribution in [0.25, 0.3) is 0 Å². The Bertz CT molecular complexity index is 146. The molecule has 6 nitrogen and oxygen atoms in total. The standard InChI is InChI=1S/C3H7NO3.C3H6O2.Ca.Na/c5-2-4-1-3(6)7;1-2-3(4)5;;/h4-5H,1-2H2,(H,6,7);2H2,1H3,(H,4,5);;/q;;+2;+1/p-2. The van der Waals surface area contributed by atoms with Crippen LogP contribution in [0.15, 0.2) is 0 Å². The van der Waals surface area contributed by atoms with E-state index in [0.717, 1.165) is 0 Å². The fourth-order valence-corrected chi connectivity index (χ4v) is 0.158. The molecule has 0 bridgehead atoms. The zero-order valence-electron chi connectivity index (χ0n) is 8.41. The summed E-state index contributed by atoms with van der Waals surface area (Å²) in [7, 11) is 0. The third kappa shape index (κ3) is 38.0. The van der Waals surface area contributed by atoms with Crippen LogP contribution in [0.2, 0.25) is 0 Å². The molecule has 2 N–H and O–H groups in total. The molecule has 0 aliphatic rings. The monoisotopic (exact) mass is 240 g/mol. The zero-order valence-corrected chi connectivity index (χ0v) is 12.6. The van der Waals surface area contributed by atoms with Crippen molar-refractivity contribution in [3.63, 3.8) is 0 Å². The Balaban J connectivity index is -0.0000000651. The van der Waals surface area contributed by atoms with Crippen LogP contribution in [-0.4, -0.2) is 68.1 Å². The van der Waals surface area contributed by atoms with Crippen LogP contribution in [0.3, 0.4) is 0 Å². The summed E-state index contributed by atoms with van der Waals surface area (Å²) in [5, 5.41) is 28.8. The first-order chi connectivity index (χ1) is 5.54. The smallest absolute Gasteiger partial charge is 0.550 e. The SMILES string of the molecule is CCC(=O)[O-].O=C([O-])CNCO.[Ca+2].[Na+]. The first-order valence-corrected chi connectivity index (χ1v) is 3.25. The van der Waals surface area contributed by atoms with E-state index in [2.05, 4.69) is 5.32 Å². The Hall–Kier alpha value is 1.12. The summed E-state index contributed by atoms with van der Waals surface area (Å²) in [5.74, 6) is -2.21. The predicted molar refractivity (Wildman–Crippen MR) is 41.1 cm³/mol. The van der Waals surface area contributed by atoms with Crippen LogP contribution in [0.4, 0.5) is 0 Å². The Morgan fingerprint density at radius 2 is 1.64 bits per heavy atom. The average Bonchev–Trinajstić information content (AvgIpc) is 2.02. The Morgan fingerprint density at radius 3 is 1.71 bits per heavy atom. The van der Waals surface area contributed by atoms with Crippen LogP contribution in [0.5, 0.6) is 0 Å². The van der Waals surface area contributed by atoms with Gasteiger partial charge in [-0.05, 0) is 6.42 Å². The first kappa shape index (κ1) is 24.4. The van der Waals surface area contributed by atoms with Gasteiger partial charge in [-0.15, -0.1) is 0 Å². The summed E-state index contributed by atoms with van der Waals surface area (Å²) in [4.78, 5) is 18.7. The molecule has 0 radical (unpaired) electrons. The topological polar surface area (TPSA) is 113 Å². The quantitative estimate of drug-likeness (QED) is 0.373. The normalized spacial score (nSPS) is 7.00. The van der Waals surface area contributed by atoms with Crippen LogP contribution in [-0.2, 0) is 9.59 Å². The van der Waals surface area contributed by atoms with Crippen molar-refractivity contribution in [3.8, 4) is 0 Å². The van der Waals surface area contributed by atoms with E-state index < -0.39 is 11.9 Å². The van der Waals surface area contributed by atoms with E-state index in [1.165, 1.54) is 6.92 Å². The third-order valence-electron chi connectivity index (χ3n) is 0.670. The van der Waals surface area contributed by atoms with Gasteiger partial charge in [0.05, 0.1) is 12.7 Å². The minimum absolute atomic E-state index is 0. The van der Waals surface area contributed by atoms with Crippen molar-refractivity contribution in [2.75, 3.05) is 13.3 Å². The first-order valence-electron chi connectivity index (χ1n) is 3.25. The van der Waals surface area contributed by atoms with Crippen molar-refractivity contribution in [2.24, 2.45) is 0 Å². The van der Waals surface area contributed by atoms with Crippen molar-refractivity contribution >= 4 is 49.7 Å². The molecule has 0 rings (SSSR count). The maximum absolute atomic E-state index is 9.47. The molecule has 72 valence electrons. The second kappa shape index (κ2) is 19.7. The van der Waals surface area contributed by atoms with E-state index in [-0.39, 0.29) is 87.0 Å². The van der Waals surface area contributed by atoms with Gasteiger partial charge in [0, 0.05) is 12.5 Å². The molecule has 0 aliphatic carbocycles. The summed E-state index contributed by atoms with van der Waals surface area (Å²) in [5.41, 5.74) is 0. The van der Waals surface area contributed by atoms with Gasteiger partial charge in [0.25, 0.3) is 0 Å². The van der Waals surface area contributed by atoms with Crippen LogP contribution >= 0.6 is 0 Å². The molecule has 0 amide bonds. The van der Waals surface area contributed by atoms with Crippen molar-refractivity contribution in [1.29, 1.82) is 0 Å². The number of aliphatic carboxylic acids is 2. The van der Waals surface area contributed by atoms with Gasteiger partial charge in [-0.1, -0.05) is 6.92 Å². The maximum Gasteiger partial charge on any atom is 2.00 e. The number of rotatable bonds is 4. The Labute approximate surface area is 134 Å². The number of hydrogen-bond donors (Lipinski definition) is 2. The van der Waals surface area contributed by atoms with Crippen LogP contribution in [0, 0.1) is 0 Å². The molecule has 0 unspecified atom stereocenters. The number of carbonyl (C=O) groups excluding carboxylic acids is 2. The fourth-order valence-electron chi connectivity index (χ4n) is 0.158. The number of carboxylic acid groups (broad SMARTS) is 2. The van der Waals surface area contributed by atoms with E-state index in [0.29, 0.717) is 0 Å². The van der Waals surface area contributed by atoms with Gasteiger partial charge >= 0.3 is 67.3 Å². The minimum atomic E-state index is -1.21. The van der Waals surface area contributed by atoms with Gasteiger partial charge in [0.1, 0.15) is 0 Å². The van der Waals surface area contributed by atoms with Crippen LogP contribution < -0.4 is 45.1 Å². The molecule has 0 fully saturated rings. The summed E-state index contributed by atoms with van der Waals surface area (Å²) in [6, 6.07) is 0. The molecule has 0 saturated heterocycles. The van der Waals surface area contributed by atoms with Gasteiger partial charge < -0.3 is 24.9 Å². The number of aliphatic hydroxyl groups excluding tert-OH is 1. The van der Waals surface area contributed by atoms with E-state index in [9.17, 15) is 19.8 Å². The number of aliphatic hydroxyl groups is 1. The molecule has 0 saturated carbocycles. The second-order valence-corrected chi connectivity index (χ2v) is 1.68. The summed E-state index contributed by atoms with van der Waals surface area (Å²) < 4.78 is 0. The molecule has 14 heavy (non-hydrogen) atoms. The summed E-state index contributed by atoms with van der Waals surface area (Å²) in [6.45, 7) is 0.916. The largest absolute Gasteiger partial charge is 2.00 e. The van der Waals surface area contributed by atoms with Crippen molar-refractivity contribution < 1.29 is 54.5 Å². The van der Waals surface area contributed by atoms with Gasteiger partial charge in [0.15, 0.2) is 0 Å². The van der Waals surface area contributed by atoms with Crippen molar-refractivity contribution in [3.05, 3.63) is 0 Å². The number of nitrogens with one attached hydrogen (secondary N) is 1. The molecular formula is C6H11CaNNaO5+. The van der Waals surface area contributed by atoms with Crippen molar-refractivity contribution in [1.82, 2.24) is 5.32 Å². The maximum atomic E-state index is 9.47. The third-order valence-corrected chi connectivity index (χ3v) is 0.670. The summed E-state index contributed by atoms with van der Waals surface area (Å²) in [6.07, 6.45) is 0.111. The molecule has 0 heterocycles. The summed E-state index contributed by atoms with van der Waals surface area (Å²) >= 11 is 0. The predicted octanol–water partition coefficient (Wildman–Crippen LogP) is -6.95. The molecule has 0 aromatic carbocycles. The zero-order chi connectivity index (χ0) is 9.98. The molecule has 0 atom stereocenters. The Kier molecular flexibility index (Phi) is 34.2. The van der Waals surface area contributed by atoms with Gasteiger partial charge in [0.2, 0.25) is 0 Å². The molecule has 0 aromatic rings. The molecular weight excluding hydrogens is 229 g/mol. The van der Waals surface area contributed by atoms with Gasteiger partial charge in [-0.2, -0.15) is 0 Å². The van der Waals surface area contributed by atoms with E-state index >= 15 is 0 Å². The van der Waals surface area contributed by atoms with E-state index in [4.69, 9.17) is 5.11 Å². The molecule has 0 spiro atoms. The molecule has 8 heteroatoms. The molecule has 0 aromatic heterocycles. The number of hydrogen-bond acceptors (Lipinski definition) is 6. The number of carboxylic acids is 2. The van der Waals surface area contributed by atoms with E-state index in [1.807, 2.05) is 0 Å². The van der Waals surface area contributed by atoms with Gasteiger partial charge in [-0.3, -0.25) is 5.32 Å². The van der Waals surface area contributed by atoms with E-state index in [1.54, 1.807) is 0 Å². The second-order valence-electron chi connectivity index (χ2n) is 1.68. The minimum Gasteiger partial charge on any atom is -0.550 e. The Morgan fingerprint density at radius 1 is 1.29 bits per heavy atom. The molecule has 0 aliphatic heterocycles. The average molecular weight is 240 g/mol.